The maximum Gasteiger partial charge on any atom is 0.253 e. The maximum absolute atomic E-state index is 13.2. The third-order valence-electron chi connectivity index (χ3n) is 4.13. The van der Waals surface area contributed by atoms with Gasteiger partial charge in [-0.25, -0.2) is 4.39 Å². The summed E-state index contributed by atoms with van der Waals surface area (Å²) in [6, 6.07) is 11.6. The molecule has 0 aromatic heterocycles. The number of carbonyl (C=O) groups excluding carboxylic acids is 1. The van der Waals surface area contributed by atoms with Crippen molar-refractivity contribution < 1.29 is 9.18 Å². The van der Waals surface area contributed by atoms with E-state index in [-0.39, 0.29) is 17.3 Å². The van der Waals surface area contributed by atoms with Crippen LogP contribution in [-0.2, 0) is 5.54 Å². The average molecular weight is 383 g/mol. The molecule has 0 atom stereocenters. The van der Waals surface area contributed by atoms with Crippen molar-refractivity contribution in [2.45, 2.75) is 24.8 Å². The van der Waals surface area contributed by atoms with Crippen molar-refractivity contribution in [2.75, 3.05) is 0 Å². The van der Waals surface area contributed by atoms with Crippen LogP contribution in [0.15, 0.2) is 46.9 Å². The van der Waals surface area contributed by atoms with Crippen LogP contribution in [0.5, 0.6) is 0 Å². The summed E-state index contributed by atoms with van der Waals surface area (Å²) >= 11 is 9.17. The first-order chi connectivity index (χ1) is 10.5. The molecular formula is C17H14BrClFNO. The molecular weight excluding hydrogens is 369 g/mol. The van der Waals surface area contributed by atoms with Gasteiger partial charge in [0.1, 0.15) is 5.82 Å². The molecule has 2 nitrogen and oxygen atoms in total. The molecule has 0 aliphatic heterocycles. The summed E-state index contributed by atoms with van der Waals surface area (Å²) in [6.07, 6.45) is 2.84. The molecule has 0 bridgehead atoms. The van der Waals surface area contributed by atoms with Crippen LogP contribution in [0.3, 0.4) is 0 Å². The molecule has 5 heteroatoms. The van der Waals surface area contributed by atoms with Gasteiger partial charge in [-0.15, -0.1) is 0 Å². The quantitative estimate of drug-likeness (QED) is 0.790. The van der Waals surface area contributed by atoms with E-state index in [1.165, 1.54) is 18.2 Å². The monoisotopic (exact) mass is 381 g/mol. The van der Waals surface area contributed by atoms with E-state index in [4.69, 9.17) is 11.6 Å². The summed E-state index contributed by atoms with van der Waals surface area (Å²) in [7, 11) is 0. The van der Waals surface area contributed by atoms with Gasteiger partial charge in [-0.3, -0.25) is 4.79 Å². The number of hydrogen-bond donors (Lipinski definition) is 1. The SMILES string of the molecule is O=C(NC1(c2ccc(Cl)cc2)CCC1)c1ccc(F)cc1Br. The van der Waals surface area contributed by atoms with E-state index in [1.807, 2.05) is 24.3 Å². The largest absolute Gasteiger partial charge is 0.342 e. The number of halogens is 3. The maximum atomic E-state index is 13.2. The number of hydrogen-bond acceptors (Lipinski definition) is 1. The Hall–Kier alpha value is -1.39. The molecule has 1 amide bonds. The van der Waals surface area contributed by atoms with E-state index in [0.717, 1.165) is 24.8 Å². The highest BCUT2D eigenvalue weighted by Gasteiger charge is 2.40. The van der Waals surface area contributed by atoms with Gasteiger partial charge in [-0.2, -0.15) is 0 Å². The van der Waals surface area contributed by atoms with E-state index in [1.54, 1.807) is 0 Å². The standard InChI is InChI=1S/C17H14BrClFNO/c18-15-10-13(20)6-7-14(15)16(22)21-17(8-1-9-17)11-2-4-12(19)5-3-11/h2-7,10H,1,8-9H2,(H,21,22). The van der Waals surface area contributed by atoms with Crippen molar-refractivity contribution in [3.63, 3.8) is 0 Å². The Balaban J connectivity index is 1.86. The fourth-order valence-corrected chi connectivity index (χ4v) is 3.40. The first-order valence-electron chi connectivity index (χ1n) is 7.04. The van der Waals surface area contributed by atoms with Gasteiger partial charge in [0.15, 0.2) is 0 Å². The van der Waals surface area contributed by atoms with Crippen molar-refractivity contribution in [2.24, 2.45) is 0 Å². The van der Waals surface area contributed by atoms with Crippen LogP contribution in [0.1, 0.15) is 35.2 Å². The second kappa shape index (κ2) is 6.01. The average Bonchev–Trinajstić information content (AvgIpc) is 2.43. The fraction of sp³-hybridized carbons (Fsp3) is 0.235. The summed E-state index contributed by atoms with van der Waals surface area (Å²) in [5, 5.41) is 3.78. The fourth-order valence-electron chi connectivity index (χ4n) is 2.74. The Kier molecular flexibility index (Phi) is 4.24. The van der Waals surface area contributed by atoms with Crippen molar-refractivity contribution in [3.8, 4) is 0 Å². The molecule has 2 aromatic carbocycles. The molecule has 114 valence electrons. The molecule has 2 aromatic rings. The Morgan fingerprint density at radius 3 is 2.41 bits per heavy atom. The first-order valence-corrected chi connectivity index (χ1v) is 8.21. The van der Waals surface area contributed by atoms with Gasteiger partial charge in [0, 0.05) is 9.50 Å². The van der Waals surface area contributed by atoms with Crippen LogP contribution in [0.25, 0.3) is 0 Å². The number of carbonyl (C=O) groups is 1. The van der Waals surface area contributed by atoms with Crippen LogP contribution >= 0.6 is 27.5 Å². The molecule has 0 heterocycles. The Morgan fingerprint density at radius 1 is 1.18 bits per heavy atom. The van der Waals surface area contributed by atoms with Gasteiger partial charge < -0.3 is 5.32 Å². The normalized spacial score (nSPS) is 16.0. The predicted octanol–water partition coefficient (Wildman–Crippen LogP) is 5.05. The van der Waals surface area contributed by atoms with Gasteiger partial charge in [0.2, 0.25) is 0 Å². The zero-order valence-electron chi connectivity index (χ0n) is 11.7. The molecule has 0 radical (unpaired) electrons. The molecule has 1 aliphatic carbocycles. The summed E-state index contributed by atoms with van der Waals surface area (Å²) in [4.78, 5) is 12.5. The second-order valence-corrected chi connectivity index (χ2v) is 6.81. The Labute approximate surface area is 141 Å². The number of nitrogens with one attached hydrogen (secondary N) is 1. The van der Waals surface area contributed by atoms with E-state index in [0.29, 0.717) is 15.1 Å². The zero-order chi connectivity index (χ0) is 15.7. The van der Waals surface area contributed by atoms with Gasteiger partial charge in [-0.1, -0.05) is 23.7 Å². The van der Waals surface area contributed by atoms with E-state index in [2.05, 4.69) is 21.2 Å². The second-order valence-electron chi connectivity index (χ2n) is 5.52. The van der Waals surface area contributed by atoms with Crippen LogP contribution in [0.2, 0.25) is 5.02 Å². The summed E-state index contributed by atoms with van der Waals surface area (Å²) in [6.45, 7) is 0. The zero-order valence-corrected chi connectivity index (χ0v) is 14.0. The molecule has 1 fully saturated rings. The van der Waals surface area contributed by atoms with E-state index in [9.17, 15) is 9.18 Å². The predicted molar refractivity (Wildman–Crippen MR) is 88.5 cm³/mol. The minimum absolute atomic E-state index is 0.207. The Bertz CT molecular complexity index is 713. The highest BCUT2D eigenvalue weighted by atomic mass is 79.9. The summed E-state index contributed by atoms with van der Waals surface area (Å²) in [5.74, 6) is -0.582. The molecule has 1 N–H and O–H groups in total. The highest BCUT2D eigenvalue weighted by molar-refractivity contribution is 9.10. The Morgan fingerprint density at radius 2 is 1.86 bits per heavy atom. The molecule has 1 aliphatic rings. The minimum Gasteiger partial charge on any atom is -0.342 e. The van der Waals surface area contributed by atoms with Gasteiger partial charge in [0.05, 0.1) is 11.1 Å². The van der Waals surface area contributed by atoms with Gasteiger partial charge in [0.25, 0.3) is 5.91 Å². The van der Waals surface area contributed by atoms with Crippen LogP contribution in [-0.4, -0.2) is 5.91 Å². The molecule has 0 unspecified atom stereocenters. The van der Waals surface area contributed by atoms with Crippen molar-refractivity contribution in [1.82, 2.24) is 5.32 Å². The third-order valence-corrected chi connectivity index (χ3v) is 5.04. The summed E-state index contributed by atoms with van der Waals surface area (Å²) < 4.78 is 13.6. The number of benzene rings is 2. The van der Waals surface area contributed by atoms with E-state index < -0.39 is 0 Å². The van der Waals surface area contributed by atoms with Crippen molar-refractivity contribution in [1.29, 1.82) is 0 Å². The lowest BCUT2D eigenvalue weighted by molar-refractivity contribution is 0.0822. The molecule has 0 saturated heterocycles. The summed E-state index contributed by atoms with van der Waals surface area (Å²) in [5.41, 5.74) is 1.13. The highest BCUT2D eigenvalue weighted by Crippen LogP contribution is 2.42. The van der Waals surface area contributed by atoms with E-state index >= 15 is 0 Å². The lowest BCUT2D eigenvalue weighted by Crippen LogP contribution is -2.50. The minimum atomic E-state index is -0.375. The molecule has 0 spiro atoms. The van der Waals surface area contributed by atoms with Crippen molar-refractivity contribution >= 4 is 33.4 Å². The van der Waals surface area contributed by atoms with Gasteiger partial charge >= 0.3 is 0 Å². The molecule has 22 heavy (non-hydrogen) atoms. The van der Waals surface area contributed by atoms with Crippen molar-refractivity contribution in [3.05, 3.63) is 68.9 Å². The first kappa shape index (κ1) is 15.5. The lowest BCUT2D eigenvalue weighted by atomic mass is 9.71. The molecule has 1 saturated carbocycles. The third kappa shape index (κ3) is 2.90. The molecule has 3 rings (SSSR count). The number of rotatable bonds is 3. The van der Waals surface area contributed by atoms with Crippen LogP contribution in [0, 0.1) is 5.82 Å². The van der Waals surface area contributed by atoms with Gasteiger partial charge in [-0.05, 0) is 71.1 Å². The lowest BCUT2D eigenvalue weighted by Gasteiger charge is -2.43. The van der Waals surface area contributed by atoms with Crippen LogP contribution < -0.4 is 5.32 Å². The van der Waals surface area contributed by atoms with Crippen LogP contribution in [0.4, 0.5) is 4.39 Å². The smallest absolute Gasteiger partial charge is 0.253 e. The topological polar surface area (TPSA) is 29.1 Å². The number of amides is 1.